The number of hydrogen-bond donors (Lipinski definition) is 2. The number of aromatic amines is 1. The predicted molar refractivity (Wildman–Crippen MR) is 106 cm³/mol. The molecule has 0 bridgehead atoms. The number of nitrogens with one attached hydrogen (secondary N) is 2. The molecule has 1 aliphatic heterocycles. The number of ether oxygens (including phenoxy) is 5. The van der Waals surface area contributed by atoms with Crippen molar-refractivity contribution in [1.82, 2.24) is 14.8 Å². The SMILES string of the molecule is CNc1nn(C2OC(COC(C)=O)C(OC(C)=O)C(OC(C)=O)C2OC(C)=O)c(=O)[nH]c1=O. The van der Waals surface area contributed by atoms with Gasteiger partial charge < -0.3 is 29.0 Å². The van der Waals surface area contributed by atoms with Crippen molar-refractivity contribution in [2.45, 2.75) is 58.3 Å². The van der Waals surface area contributed by atoms with Crippen LogP contribution in [0.1, 0.15) is 33.9 Å². The number of carbonyl (C=O) groups is 4. The van der Waals surface area contributed by atoms with Crippen molar-refractivity contribution in [2.75, 3.05) is 19.0 Å². The molecule has 0 spiro atoms. The summed E-state index contributed by atoms with van der Waals surface area (Å²) in [4.78, 5) is 73.2. The molecular weight excluding hydrogens is 448 g/mol. The number of hydrogen-bond acceptors (Lipinski definition) is 13. The molecule has 182 valence electrons. The van der Waals surface area contributed by atoms with Crippen molar-refractivity contribution in [3.63, 3.8) is 0 Å². The molecule has 2 heterocycles. The Kier molecular flexibility index (Phi) is 8.28. The molecule has 33 heavy (non-hydrogen) atoms. The number of H-pyrrole nitrogens is 1. The Morgan fingerprint density at radius 3 is 2.00 bits per heavy atom. The van der Waals surface area contributed by atoms with Crippen LogP contribution < -0.4 is 16.6 Å². The molecule has 2 N–H and O–H groups in total. The van der Waals surface area contributed by atoms with Gasteiger partial charge in [0.1, 0.15) is 12.7 Å². The fourth-order valence-electron chi connectivity index (χ4n) is 3.15. The van der Waals surface area contributed by atoms with E-state index >= 15 is 0 Å². The van der Waals surface area contributed by atoms with Crippen molar-refractivity contribution in [1.29, 1.82) is 0 Å². The second-order valence-electron chi connectivity index (χ2n) is 6.89. The molecule has 5 unspecified atom stereocenters. The van der Waals surface area contributed by atoms with Crippen LogP contribution in [0.3, 0.4) is 0 Å². The van der Waals surface area contributed by atoms with E-state index in [1.165, 1.54) is 7.05 Å². The van der Waals surface area contributed by atoms with E-state index in [1.54, 1.807) is 0 Å². The number of anilines is 1. The van der Waals surface area contributed by atoms with Crippen LogP contribution in [-0.4, -0.2) is 76.7 Å². The van der Waals surface area contributed by atoms with Gasteiger partial charge in [0.05, 0.1) is 0 Å². The summed E-state index contributed by atoms with van der Waals surface area (Å²) in [5, 5.41) is 6.36. The van der Waals surface area contributed by atoms with Gasteiger partial charge in [0, 0.05) is 34.7 Å². The highest BCUT2D eigenvalue weighted by Gasteiger charge is 2.53. The minimum absolute atomic E-state index is 0.276. The number of rotatable bonds is 7. The van der Waals surface area contributed by atoms with Gasteiger partial charge in [-0.25, -0.2) is 4.79 Å². The van der Waals surface area contributed by atoms with E-state index in [0.717, 1.165) is 27.7 Å². The summed E-state index contributed by atoms with van der Waals surface area (Å²) in [7, 11) is 1.37. The van der Waals surface area contributed by atoms with E-state index in [-0.39, 0.29) is 5.82 Å². The third-order valence-electron chi connectivity index (χ3n) is 4.30. The monoisotopic (exact) mass is 472 g/mol. The van der Waals surface area contributed by atoms with Crippen molar-refractivity contribution in [3.05, 3.63) is 20.8 Å². The third kappa shape index (κ3) is 6.38. The van der Waals surface area contributed by atoms with E-state index in [1.807, 2.05) is 4.98 Å². The molecular formula is C18H24N4O11. The summed E-state index contributed by atoms with van der Waals surface area (Å²) in [6, 6.07) is 0. The first-order chi connectivity index (χ1) is 15.4. The third-order valence-corrected chi connectivity index (χ3v) is 4.30. The van der Waals surface area contributed by atoms with Crippen LogP contribution in [0, 0.1) is 0 Å². The Hall–Kier alpha value is -3.75. The van der Waals surface area contributed by atoms with Gasteiger partial charge in [-0.3, -0.25) is 29.0 Å². The molecule has 1 aromatic heterocycles. The van der Waals surface area contributed by atoms with Gasteiger partial charge in [-0.1, -0.05) is 0 Å². The minimum atomic E-state index is -1.58. The molecule has 1 aliphatic rings. The van der Waals surface area contributed by atoms with E-state index in [2.05, 4.69) is 10.4 Å². The zero-order chi connectivity index (χ0) is 24.9. The van der Waals surface area contributed by atoms with Gasteiger partial charge >= 0.3 is 29.6 Å². The average Bonchev–Trinajstić information content (AvgIpc) is 2.69. The highest BCUT2D eigenvalue weighted by molar-refractivity contribution is 5.68. The van der Waals surface area contributed by atoms with Gasteiger partial charge in [0.15, 0.2) is 24.5 Å². The zero-order valence-corrected chi connectivity index (χ0v) is 18.5. The van der Waals surface area contributed by atoms with Gasteiger partial charge in [0.2, 0.25) is 5.82 Å². The molecule has 0 saturated carbocycles. The standard InChI is InChI=1S/C18H24N4O11/c1-7(23)29-6-11-12(30-8(2)24)13(31-9(3)25)14(32-10(4)26)17(33-11)22-18(28)20-16(27)15(19-5)21-22/h11-14,17H,6H2,1-5H3,(H,19,21)(H,20,27,28). The number of carbonyl (C=O) groups excluding carboxylic acids is 4. The molecule has 15 nitrogen and oxygen atoms in total. The Morgan fingerprint density at radius 2 is 1.48 bits per heavy atom. The summed E-state index contributed by atoms with van der Waals surface area (Å²) in [5.74, 6) is -3.46. The lowest BCUT2D eigenvalue weighted by Gasteiger charge is -2.44. The second kappa shape index (κ2) is 10.7. The molecule has 5 atom stereocenters. The van der Waals surface area contributed by atoms with E-state index in [4.69, 9.17) is 23.7 Å². The molecule has 1 saturated heterocycles. The van der Waals surface area contributed by atoms with Gasteiger partial charge in [0.25, 0.3) is 5.56 Å². The Labute approximate surface area is 186 Å². The van der Waals surface area contributed by atoms with Crippen molar-refractivity contribution in [2.24, 2.45) is 0 Å². The van der Waals surface area contributed by atoms with E-state index in [0.29, 0.717) is 4.68 Å². The molecule has 1 aromatic rings. The highest BCUT2D eigenvalue weighted by atomic mass is 16.7. The molecule has 0 radical (unpaired) electrons. The van der Waals surface area contributed by atoms with Crippen molar-refractivity contribution in [3.8, 4) is 0 Å². The largest absolute Gasteiger partial charge is 0.463 e. The quantitative estimate of drug-likeness (QED) is 0.334. The molecule has 0 amide bonds. The van der Waals surface area contributed by atoms with E-state index < -0.39 is 72.4 Å². The van der Waals surface area contributed by atoms with Crippen LogP contribution in [0.25, 0.3) is 0 Å². The smallest absolute Gasteiger partial charge is 0.347 e. The fourth-order valence-corrected chi connectivity index (χ4v) is 3.15. The van der Waals surface area contributed by atoms with Crippen LogP contribution >= 0.6 is 0 Å². The Balaban J connectivity index is 2.67. The van der Waals surface area contributed by atoms with Gasteiger partial charge in [-0.05, 0) is 0 Å². The number of nitrogens with zero attached hydrogens (tertiary/aromatic N) is 2. The Bertz CT molecular complexity index is 1030. The molecule has 2 rings (SSSR count). The van der Waals surface area contributed by atoms with E-state index in [9.17, 15) is 28.8 Å². The first kappa shape index (κ1) is 25.5. The lowest BCUT2D eigenvalue weighted by molar-refractivity contribution is -0.271. The second-order valence-corrected chi connectivity index (χ2v) is 6.89. The topological polar surface area (TPSA) is 194 Å². The summed E-state index contributed by atoms with van der Waals surface area (Å²) in [5.41, 5.74) is -1.87. The van der Waals surface area contributed by atoms with Gasteiger partial charge in [-0.15, -0.1) is 5.10 Å². The lowest BCUT2D eigenvalue weighted by Crippen LogP contribution is -2.62. The maximum Gasteiger partial charge on any atom is 0.347 e. The van der Waals surface area contributed by atoms with Crippen molar-refractivity contribution < 1.29 is 42.9 Å². The first-order valence-electron chi connectivity index (χ1n) is 9.66. The van der Waals surface area contributed by atoms with Crippen LogP contribution in [0.5, 0.6) is 0 Å². The zero-order valence-electron chi connectivity index (χ0n) is 18.5. The molecule has 15 heteroatoms. The number of esters is 4. The summed E-state index contributed by atoms with van der Waals surface area (Å²) in [6.45, 7) is 3.83. The predicted octanol–water partition coefficient (Wildman–Crippen LogP) is -1.77. The van der Waals surface area contributed by atoms with Crippen LogP contribution in [-0.2, 0) is 42.9 Å². The van der Waals surface area contributed by atoms with Gasteiger partial charge in [-0.2, -0.15) is 4.68 Å². The lowest BCUT2D eigenvalue weighted by atomic mass is 9.97. The minimum Gasteiger partial charge on any atom is -0.463 e. The molecule has 1 fully saturated rings. The highest BCUT2D eigenvalue weighted by Crippen LogP contribution is 2.33. The maximum atomic E-state index is 12.5. The van der Waals surface area contributed by atoms with Crippen LogP contribution in [0.2, 0.25) is 0 Å². The molecule has 0 aliphatic carbocycles. The first-order valence-corrected chi connectivity index (χ1v) is 9.66. The fraction of sp³-hybridized carbons (Fsp3) is 0.611. The normalized spacial score (nSPS) is 24.3. The Morgan fingerprint density at radius 1 is 0.939 bits per heavy atom. The summed E-state index contributed by atoms with van der Waals surface area (Å²) in [6.07, 6.45) is -7.30. The van der Waals surface area contributed by atoms with Crippen LogP contribution in [0.15, 0.2) is 9.59 Å². The summed E-state index contributed by atoms with van der Waals surface area (Å²) >= 11 is 0. The number of aromatic nitrogens is 3. The summed E-state index contributed by atoms with van der Waals surface area (Å²) < 4.78 is 27.2. The van der Waals surface area contributed by atoms with Crippen LogP contribution in [0.4, 0.5) is 5.82 Å². The average molecular weight is 472 g/mol. The van der Waals surface area contributed by atoms with Crippen molar-refractivity contribution >= 4 is 29.7 Å². The molecule has 0 aromatic carbocycles. The maximum absolute atomic E-state index is 12.5.